The molecule has 1 aliphatic heterocycles. The van der Waals surface area contributed by atoms with E-state index in [0.717, 1.165) is 35.7 Å². The van der Waals surface area contributed by atoms with E-state index < -0.39 is 6.10 Å². The number of amides is 1. The van der Waals surface area contributed by atoms with Crippen LogP contribution in [0.15, 0.2) is 42.5 Å². The molecular formula is C22H27FN2O2. The second-order valence-electron chi connectivity index (χ2n) is 7.13. The number of piperazine rings is 1. The Morgan fingerprint density at radius 1 is 1.04 bits per heavy atom. The van der Waals surface area contributed by atoms with E-state index in [-0.39, 0.29) is 11.7 Å². The van der Waals surface area contributed by atoms with Crippen molar-refractivity contribution in [2.24, 2.45) is 0 Å². The number of anilines is 1. The van der Waals surface area contributed by atoms with Crippen molar-refractivity contribution in [2.45, 2.75) is 33.3 Å². The van der Waals surface area contributed by atoms with Crippen LogP contribution in [-0.4, -0.2) is 43.1 Å². The summed E-state index contributed by atoms with van der Waals surface area (Å²) in [6.45, 7) is 8.77. The van der Waals surface area contributed by atoms with Crippen LogP contribution >= 0.6 is 0 Å². The number of carbonyl (C=O) groups excluding carboxylic acids is 1. The third-order valence-electron chi connectivity index (χ3n) is 4.90. The number of rotatable bonds is 5. The molecular weight excluding hydrogens is 343 g/mol. The molecule has 1 heterocycles. The lowest BCUT2D eigenvalue weighted by Gasteiger charge is -2.37. The Morgan fingerprint density at radius 3 is 2.19 bits per heavy atom. The van der Waals surface area contributed by atoms with Crippen molar-refractivity contribution in [3.8, 4) is 5.75 Å². The monoisotopic (exact) mass is 370 g/mol. The minimum atomic E-state index is -0.469. The molecule has 1 amide bonds. The average Bonchev–Trinajstić information content (AvgIpc) is 2.65. The predicted octanol–water partition coefficient (Wildman–Crippen LogP) is 3.95. The molecule has 0 aliphatic carbocycles. The average molecular weight is 370 g/mol. The summed E-state index contributed by atoms with van der Waals surface area (Å²) in [5, 5.41) is 0. The number of ether oxygens (including phenoxy) is 1. The molecule has 1 aliphatic rings. The van der Waals surface area contributed by atoms with Crippen molar-refractivity contribution in [2.75, 3.05) is 31.1 Å². The first kappa shape index (κ1) is 19.2. The van der Waals surface area contributed by atoms with Gasteiger partial charge in [-0.2, -0.15) is 0 Å². The Bertz CT molecular complexity index is 763. The number of halogens is 1. The van der Waals surface area contributed by atoms with Gasteiger partial charge in [-0.25, -0.2) is 4.39 Å². The first-order valence-corrected chi connectivity index (χ1v) is 9.50. The molecule has 0 bridgehead atoms. The number of hydrogen-bond donors (Lipinski definition) is 0. The maximum absolute atomic E-state index is 13.1. The van der Waals surface area contributed by atoms with Gasteiger partial charge in [-0.1, -0.05) is 13.0 Å². The van der Waals surface area contributed by atoms with E-state index in [1.807, 2.05) is 37.8 Å². The molecule has 2 aromatic carbocycles. The van der Waals surface area contributed by atoms with Crippen molar-refractivity contribution in [3.05, 3.63) is 59.4 Å². The van der Waals surface area contributed by atoms with E-state index in [1.165, 1.54) is 12.1 Å². The van der Waals surface area contributed by atoms with Crippen LogP contribution in [0.2, 0.25) is 0 Å². The lowest BCUT2D eigenvalue weighted by Crippen LogP contribution is -2.52. The molecule has 0 aromatic heterocycles. The van der Waals surface area contributed by atoms with E-state index in [4.69, 9.17) is 4.74 Å². The Morgan fingerprint density at radius 2 is 1.63 bits per heavy atom. The summed E-state index contributed by atoms with van der Waals surface area (Å²) in [6.07, 6.45) is 0.160. The third kappa shape index (κ3) is 4.79. The SMILES string of the molecule is CCC(Oc1cc(C)cc(C)c1)C(=O)N1CCN(c2ccc(F)cc2)CC1. The molecule has 0 saturated carbocycles. The highest BCUT2D eigenvalue weighted by Crippen LogP contribution is 2.21. The maximum Gasteiger partial charge on any atom is 0.263 e. The lowest BCUT2D eigenvalue weighted by molar-refractivity contribution is -0.139. The van der Waals surface area contributed by atoms with Crippen molar-refractivity contribution >= 4 is 11.6 Å². The van der Waals surface area contributed by atoms with Gasteiger partial charge < -0.3 is 14.5 Å². The summed E-state index contributed by atoms with van der Waals surface area (Å²) >= 11 is 0. The molecule has 3 rings (SSSR count). The zero-order valence-corrected chi connectivity index (χ0v) is 16.2. The summed E-state index contributed by atoms with van der Waals surface area (Å²) in [5.41, 5.74) is 3.24. The van der Waals surface area contributed by atoms with Gasteiger partial charge in [0.05, 0.1) is 0 Å². The Kier molecular flexibility index (Phi) is 5.99. The largest absolute Gasteiger partial charge is 0.481 e. The molecule has 0 spiro atoms. The number of hydrogen-bond acceptors (Lipinski definition) is 3. The highest BCUT2D eigenvalue weighted by molar-refractivity contribution is 5.81. The highest BCUT2D eigenvalue weighted by Gasteiger charge is 2.28. The van der Waals surface area contributed by atoms with Gasteiger partial charge in [-0.15, -0.1) is 0 Å². The van der Waals surface area contributed by atoms with Gasteiger partial charge in [-0.05, 0) is 67.8 Å². The number of carbonyl (C=O) groups is 1. The Balaban J connectivity index is 1.60. The smallest absolute Gasteiger partial charge is 0.263 e. The normalized spacial score (nSPS) is 15.6. The third-order valence-corrected chi connectivity index (χ3v) is 4.90. The van der Waals surface area contributed by atoms with Crippen molar-refractivity contribution < 1.29 is 13.9 Å². The van der Waals surface area contributed by atoms with Gasteiger partial charge in [0, 0.05) is 31.9 Å². The number of nitrogens with zero attached hydrogens (tertiary/aromatic N) is 2. The van der Waals surface area contributed by atoms with Crippen LogP contribution < -0.4 is 9.64 Å². The fourth-order valence-corrected chi connectivity index (χ4v) is 3.51. The van der Waals surface area contributed by atoms with E-state index in [2.05, 4.69) is 11.0 Å². The van der Waals surface area contributed by atoms with Gasteiger partial charge in [0.15, 0.2) is 6.10 Å². The van der Waals surface area contributed by atoms with E-state index >= 15 is 0 Å². The zero-order chi connectivity index (χ0) is 19.4. The van der Waals surface area contributed by atoms with Crippen LogP contribution in [0.25, 0.3) is 0 Å². The van der Waals surface area contributed by atoms with Crippen LogP contribution in [0.3, 0.4) is 0 Å². The molecule has 27 heavy (non-hydrogen) atoms. The van der Waals surface area contributed by atoms with Crippen LogP contribution in [-0.2, 0) is 4.79 Å². The standard InChI is InChI=1S/C22H27FN2O2/c1-4-21(27-20-14-16(2)13-17(3)15-20)22(26)25-11-9-24(10-12-25)19-7-5-18(23)6-8-19/h5-8,13-15,21H,4,9-12H2,1-3H3. The first-order chi connectivity index (χ1) is 13.0. The summed E-state index contributed by atoms with van der Waals surface area (Å²) in [7, 11) is 0. The number of benzene rings is 2. The van der Waals surface area contributed by atoms with Crippen molar-refractivity contribution in [1.29, 1.82) is 0 Å². The molecule has 4 nitrogen and oxygen atoms in total. The van der Waals surface area contributed by atoms with Gasteiger partial charge in [0.1, 0.15) is 11.6 Å². The summed E-state index contributed by atoms with van der Waals surface area (Å²) in [5.74, 6) is 0.551. The van der Waals surface area contributed by atoms with Crippen LogP contribution in [0.4, 0.5) is 10.1 Å². The van der Waals surface area contributed by atoms with Gasteiger partial charge >= 0.3 is 0 Å². The minimum absolute atomic E-state index is 0.0374. The molecule has 144 valence electrons. The van der Waals surface area contributed by atoms with E-state index in [0.29, 0.717) is 19.5 Å². The molecule has 5 heteroatoms. The summed E-state index contributed by atoms with van der Waals surface area (Å²) in [6, 6.07) is 12.5. The molecule has 1 unspecified atom stereocenters. The van der Waals surface area contributed by atoms with E-state index in [1.54, 1.807) is 12.1 Å². The molecule has 0 radical (unpaired) electrons. The predicted molar refractivity (Wildman–Crippen MR) is 106 cm³/mol. The Labute approximate surface area is 160 Å². The van der Waals surface area contributed by atoms with Crippen LogP contribution in [0.5, 0.6) is 5.75 Å². The highest BCUT2D eigenvalue weighted by atomic mass is 19.1. The van der Waals surface area contributed by atoms with Crippen LogP contribution in [0.1, 0.15) is 24.5 Å². The quantitative estimate of drug-likeness (QED) is 0.799. The first-order valence-electron chi connectivity index (χ1n) is 9.50. The minimum Gasteiger partial charge on any atom is -0.481 e. The molecule has 1 atom stereocenters. The van der Waals surface area contributed by atoms with Crippen molar-refractivity contribution in [3.63, 3.8) is 0 Å². The second-order valence-corrected chi connectivity index (χ2v) is 7.13. The van der Waals surface area contributed by atoms with Gasteiger partial charge in [-0.3, -0.25) is 4.79 Å². The molecule has 0 N–H and O–H groups in total. The molecule has 1 fully saturated rings. The number of aryl methyl sites for hydroxylation is 2. The summed E-state index contributed by atoms with van der Waals surface area (Å²) < 4.78 is 19.1. The topological polar surface area (TPSA) is 32.8 Å². The fourth-order valence-electron chi connectivity index (χ4n) is 3.51. The second kappa shape index (κ2) is 8.42. The fraction of sp³-hybridized carbons (Fsp3) is 0.409. The van der Waals surface area contributed by atoms with Gasteiger partial charge in [0.25, 0.3) is 5.91 Å². The Hall–Kier alpha value is -2.56. The molecule has 1 saturated heterocycles. The van der Waals surface area contributed by atoms with Crippen LogP contribution in [0, 0.1) is 19.7 Å². The zero-order valence-electron chi connectivity index (χ0n) is 16.2. The van der Waals surface area contributed by atoms with Crippen molar-refractivity contribution in [1.82, 2.24) is 4.90 Å². The molecule has 2 aromatic rings. The maximum atomic E-state index is 13.1. The van der Waals surface area contributed by atoms with Gasteiger partial charge in [0.2, 0.25) is 0 Å². The lowest BCUT2D eigenvalue weighted by atomic mass is 10.1. The van der Waals surface area contributed by atoms with E-state index in [9.17, 15) is 9.18 Å². The summed E-state index contributed by atoms with van der Waals surface area (Å²) in [4.78, 5) is 17.0.